The predicted molar refractivity (Wildman–Crippen MR) is 46.6 cm³/mol. The molecule has 2 bridgehead atoms. The summed E-state index contributed by atoms with van der Waals surface area (Å²) in [6, 6.07) is 0. The van der Waals surface area contributed by atoms with E-state index < -0.39 is 41.1 Å². The van der Waals surface area contributed by atoms with E-state index >= 15 is 0 Å². The molecule has 3 heterocycles. The summed E-state index contributed by atoms with van der Waals surface area (Å²) in [7, 11) is 0. The van der Waals surface area contributed by atoms with Gasteiger partial charge in [0.2, 0.25) is 0 Å². The average molecular weight is 212 g/mol. The van der Waals surface area contributed by atoms with E-state index in [0.717, 1.165) is 0 Å². The first-order chi connectivity index (χ1) is 6.88. The van der Waals surface area contributed by atoms with E-state index in [-0.39, 0.29) is 0 Å². The van der Waals surface area contributed by atoms with E-state index in [1.54, 1.807) is 13.8 Å². The van der Waals surface area contributed by atoms with E-state index in [2.05, 4.69) is 4.74 Å². The number of hydrogen-bond acceptors (Lipinski definition) is 5. The zero-order valence-electron chi connectivity index (χ0n) is 8.52. The summed E-state index contributed by atoms with van der Waals surface area (Å²) in [5.74, 6) is -2.25. The Kier molecular flexibility index (Phi) is 1.39. The van der Waals surface area contributed by atoms with Crippen LogP contribution in [0.1, 0.15) is 20.3 Å². The van der Waals surface area contributed by atoms with Crippen molar-refractivity contribution in [1.82, 2.24) is 0 Å². The topological polar surface area (TPSA) is 72.8 Å². The predicted octanol–water partition coefficient (Wildman–Crippen LogP) is -0.386. The molecule has 0 aromatic heterocycles. The first kappa shape index (κ1) is 9.30. The van der Waals surface area contributed by atoms with Crippen molar-refractivity contribution in [3.8, 4) is 0 Å². The number of ether oxygens (including phenoxy) is 2. The van der Waals surface area contributed by atoms with Gasteiger partial charge in [-0.1, -0.05) is 0 Å². The van der Waals surface area contributed by atoms with Gasteiger partial charge < -0.3 is 14.6 Å². The molecule has 5 heteroatoms. The fourth-order valence-electron chi connectivity index (χ4n) is 3.32. The quantitative estimate of drug-likeness (QED) is 0.437. The highest BCUT2D eigenvalue weighted by atomic mass is 16.6. The molecular weight excluding hydrogens is 200 g/mol. The molecule has 3 saturated heterocycles. The molecule has 3 aliphatic heterocycles. The molecule has 0 saturated carbocycles. The normalized spacial score (nSPS) is 57.1. The second-order valence-electron chi connectivity index (χ2n) is 5.01. The molecule has 3 fully saturated rings. The van der Waals surface area contributed by atoms with Crippen LogP contribution in [0.25, 0.3) is 0 Å². The van der Waals surface area contributed by atoms with E-state index in [1.165, 1.54) is 0 Å². The minimum absolute atomic E-state index is 0.382. The van der Waals surface area contributed by atoms with Crippen LogP contribution in [0.3, 0.4) is 0 Å². The van der Waals surface area contributed by atoms with Crippen LogP contribution in [-0.2, 0) is 19.1 Å². The van der Waals surface area contributed by atoms with Gasteiger partial charge in [-0.3, -0.25) is 9.59 Å². The lowest BCUT2D eigenvalue weighted by Crippen LogP contribution is -2.48. The third kappa shape index (κ3) is 0.823. The van der Waals surface area contributed by atoms with Crippen molar-refractivity contribution < 1.29 is 24.2 Å². The van der Waals surface area contributed by atoms with Crippen LogP contribution in [0.15, 0.2) is 0 Å². The summed E-state index contributed by atoms with van der Waals surface area (Å²) in [5, 5.41) is 9.85. The summed E-state index contributed by atoms with van der Waals surface area (Å²) in [6.45, 7) is 3.43. The third-order valence-corrected chi connectivity index (χ3v) is 4.03. The summed E-state index contributed by atoms with van der Waals surface area (Å²) in [5.41, 5.74) is -1.70. The van der Waals surface area contributed by atoms with Crippen molar-refractivity contribution in [1.29, 1.82) is 0 Å². The van der Waals surface area contributed by atoms with Gasteiger partial charge in [0, 0.05) is 6.42 Å². The number of fused-ring (bicyclic) bond motifs is 5. The molecule has 0 aromatic rings. The molecule has 1 unspecified atom stereocenters. The highest BCUT2D eigenvalue weighted by Crippen LogP contribution is 2.59. The van der Waals surface area contributed by atoms with Crippen LogP contribution in [-0.4, -0.2) is 34.4 Å². The molecule has 1 N–H and O–H groups in total. The van der Waals surface area contributed by atoms with Crippen molar-refractivity contribution in [2.75, 3.05) is 0 Å². The Morgan fingerprint density at radius 1 is 1.27 bits per heavy atom. The second-order valence-corrected chi connectivity index (χ2v) is 5.01. The molecule has 3 aliphatic rings. The molecule has 5 atom stereocenters. The van der Waals surface area contributed by atoms with Crippen molar-refractivity contribution in [2.45, 2.75) is 37.6 Å². The van der Waals surface area contributed by atoms with Gasteiger partial charge in [0.05, 0.1) is 11.7 Å². The molecule has 15 heavy (non-hydrogen) atoms. The largest absolute Gasteiger partial charge is 0.393 e. The molecule has 0 amide bonds. The van der Waals surface area contributed by atoms with Gasteiger partial charge in [0.1, 0.15) is 17.4 Å². The maximum Gasteiger partial charge on any atom is 0.320 e. The molecule has 0 spiro atoms. The van der Waals surface area contributed by atoms with Gasteiger partial charge in [0.15, 0.2) is 0 Å². The standard InChI is InChI=1S/C10H12O5/c1-9-3-4(11)10(2,15-9)6-5(9)7(12)14-8(6)13/h4-6,11H,3H2,1-2H3/t4?,5-,6+,9-,10+/m1/s1. The van der Waals surface area contributed by atoms with Crippen LogP contribution in [0.5, 0.6) is 0 Å². The molecule has 3 rings (SSSR count). The Morgan fingerprint density at radius 3 is 2.53 bits per heavy atom. The number of cyclic esters (lactones) is 2. The van der Waals surface area contributed by atoms with Crippen LogP contribution < -0.4 is 0 Å². The molecule has 5 nitrogen and oxygen atoms in total. The minimum atomic E-state index is -0.956. The summed E-state index contributed by atoms with van der Waals surface area (Å²) >= 11 is 0. The van der Waals surface area contributed by atoms with Gasteiger partial charge in [-0.15, -0.1) is 0 Å². The highest BCUT2D eigenvalue weighted by Gasteiger charge is 2.75. The van der Waals surface area contributed by atoms with Gasteiger partial charge in [0.25, 0.3) is 0 Å². The third-order valence-electron chi connectivity index (χ3n) is 4.03. The Bertz CT molecular complexity index is 378. The maximum atomic E-state index is 11.5. The smallest absolute Gasteiger partial charge is 0.320 e. The van der Waals surface area contributed by atoms with Gasteiger partial charge in [-0.25, -0.2) is 0 Å². The minimum Gasteiger partial charge on any atom is -0.393 e. The van der Waals surface area contributed by atoms with E-state index in [0.29, 0.717) is 6.42 Å². The van der Waals surface area contributed by atoms with Crippen LogP contribution in [0, 0.1) is 11.8 Å². The van der Waals surface area contributed by atoms with Crippen LogP contribution in [0.4, 0.5) is 0 Å². The molecule has 0 aliphatic carbocycles. The Balaban J connectivity index is 2.14. The van der Waals surface area contributed by atoms with E-state index in [4.69, 9.17) is 4.74 Å². The number of aliphatic hydroxyl groups is 1. The van der Waals surface area contributed by atoms with Crippen molar-refractivity contribution in [2.24, 2.45) is 11.8 Å². The summed E-state index contributed by atoms with van der Waals surface area (Å²) in [4.78, 5) is 23.0. The van der Waals surface area contributed by atoms with Crippen molar-refractivity contribution in [3.63, 3.8) is 0 Å². The number of carbonyl (C=O) groups is 2. The molecule has 0 radical (unpaired) electrons. The summed E-state index contributed by atoms with van der Waals surface area (Å²) in [6.07, 6.45) is -0.324. The van der Waals surface area contributed by atoms with Gasteiger partial charge >= 0.3 is 11.9 Å². The highest BCUT2D eigenvalue weighted by molar-refractivity contribution is 5.99. The van der Waals surface area contributed by atoms with E-state index in [9.17, 15) is 14.7 Å². The number of aliphatic hydroxyl groups excluding tert-OH is 1. The van der Waals surface area contributed by atoms with E-state index in [1.807, 2.05) is 0 Å². The number of carbonyl (C=O) groups excluding carboxylic acids is 2. The summed E-state index contributed by atoms with van der Waals surface area (Å²) < 4.78 is 10.3. The molecule has 82 valence electrons. The van der Waals surface area contributed by atoms with Gasteiger partial charge in [-0.05, 0) is 13.8 Å². The van der Waals surface area contributed by atoms with Gasteiger partial charge in [-0.2, -0.15) is 0 Å². The average Bonchev–Trinajstić information content (AvgIpc) is 2.58. The SMILES string of the molecule is C[C@]12CC(O)[C@](C)(O1)[C@@H]1C(=O)OC(=O)[C@@H]12. The fourth-order valence-corrected chi connectivity index (χ4v) is 3.32. The second kappa shape index (κ2) is 2.25. The van der Waals surface area contributed by atoms with Crippen LogP contribution in [0.2, 0.25) is 0 Å². The Hall–Kier alpha value is -0.940. The zero-order chi connectivity index (χ0) is 11.0. The Morgan fingerprint density at radius 2 is 1.87 bits per heavy atom. The zero-order valence-corrected chi connectivity index (χ0v) is 8.52. The molecular formula is C10H12O5. The number of hydrogen-bond donors (Lipinski definition) is 1. The number of rotatable bonds is 0. The molecule has 0 aromatic carbocycles. The first-order valence-corrected chi connectivity index (χ1v) is 5.02. The lowest BCUT2D eigenvalue weighted by molar-refractivity contribution is -0.162. The number of esters is 2. The lowest BCUT2D eigenvalue weighted by Gasteiger charge is -2.30. The van der Waals surface area contributed by atoms with Crippen molar-refractivity contribution in [3.05, 3.63) is 0 Å². The van der Waals surface area contributed by atoms with Crippen LogP contribution >= 0.6 is 0 Å². The van der Waals surface area contributed by atoms with Crippen molar-refractivity contribution >= 4 is 11.9 Å². The maximum absolute atomic E-state index is 11.5. The first-order valence-electron chi connectivity index (χ1n) is 5.02. The monoisotopic (exact) mass is 212 g/mol. The fraction of sp³-hybridized carbons (Fsp3) is 0.800. The lowest BCUT2D eigenvalue weighted by atomic mass is 9.67. The Labute approximate surface area is 86.4 Å².